The second-order valence-corrected chi connectivity index (χ2v) is 10.8. The highest BCUT2D eigenvalue weighted by atomic mass is 19.4. The van der Waals surface area contributed by atoms with Crippen molar-refractivity contribution in [3.8, 4) is 6.07 Å². The quantitative estimate of drug-likeness (QED) is 0.584. The van der Waals surface area contributed by atoms with E-state index in [9.17, 15) is 32.8 Å². The molecule has 11 heteroatoms. The molecule has 1 aromatic heterocycles. The summed E-state index contributed by atoms with van der Waals surface area (Å²) in [5.41, 5.74) is -1.90. The molecular weight excluding hydrogens is 463 g/mol. The average molecular weight is 494 g/mol. The molecule has 0 bridgehead atoms. The third kappa shape index (κ3) is 5.16. The summed E-state index contributed by atoms with van der Waals surface area (Å²) in [6.45, 7) is 4.05. The number of aromatic amines is 1. The van der Waals surface area contributed by atoms with Gasteiger partial charge in [0.2, 0.25) is 11.8 Å². The summed E-state index contributed by atoms with van der Waals surface area (Å²) in [6, 6.07) is 2.11. The Kier molecular flexibility index (Phi) is 6.36. The average Bonchev–Trinajstić information content (AvgIpc) is 3.54. The van der Waals surface area contributed by atoms with Gasteiger partial charge < -0.3 is 20.5 Å². The Balaban J connectivity index is 1.50. The Morgan fingerprint density at radius 1 is 1.26 bits per heavy atom. The zero-order valence-electron chi connectivity index (χ0n) is 19.8. The molecule has 2 aliphatic heterocycles. The van der Waals surface area contributed by atoms with Crippen LogP contribution in [-0.4, -0.2) is 51.8 Å². The van der Waals surface area contributed by atoms with E-state index >= 15 is 0 Å². The maximum Gasteiger partial charge on any atom is 0.431 e. The number of rotatable bonds is 5. The number of amides is 3. The van der Waals surface area contributed by atoms with Gasteiger partial charge >= 0.3 is 6.18 Å². The van der Waals surface area contributed by atoms with E-state index < -0.39 is 41.7 Å². The lowest BCUT2D eigenvalue weighted by Gasteiger charge is -2.25. The Hall–Kier alpha value is -3.03. The van der Waals surface area contributed by atoms with Gasteiger partial charge in [-0.1, -0.05) is 12.8 Å². The van der Waals surface area contributed by atoms with Crippen molar-refractivity contribution in [2.24, 2.45) is 11.3 Å². The number of nitrogens with one attached hydrogen (secondary N) is 3. The second-order valence-electron chi connectivity index (χ2n) is 10.8. The largest absolute Gasteiger partial charge is 0.431 e. The monoisotopic (exact) mass is 493 g/mol. The van der Waals surface area contributed by atoms with Crippen LogP contribution >= 0.6 is 0 Å². The minimum absolute atomic E-state index is 0.148. The first-order valence-electron chi connectivity index (χ1n) is 11.9. The van der Waals surface area contributed by atoms with E-state index in [1.165, 1.54) is 4.90 Å². The third-order valence-electron chi connectivity index (χ3n) is 7.54. The van der Waals surface area contributed by atoms with Crippen molar-refractivity contribution < 1.29 is 27.6 Å². The van der Waals surface area contributed by atoms with Crippen LogP contribution in [0, 0.1) is 22.7 Å². The van der Waals surface area contributed by atoms with Crippen LogP contribution in [0.1, 0.15) is 75.0 Å². The molecular formula is C24H30F3N5O3. The molecule has 1 saturated carbocycles. The predicted molar refractivity (Wildman–Crippen MR) is 119 cm³/mol. The van der Waals surface area contributed by atoms with Gasteiger partial charge in [0.05, 0.1) is 6.07 Å². The number of nitrogens with zero attached hydrogens (tertiary/aromatic N) is 2. The molecule has 8 nitrogen and oxygen atoms in total. The summed E-state index contributed by atoms with van der Waals surface area (Å²) < 4.78 is 39.1. The lowest BCUT2D eigenvalue weighted by Crippen LogP contribution is -2.49. The molecule has 190 valence electrons. The molecule has 1 aromatic rings. The van der Waals surface area contributed by atoms with Crippen molar-refractivity contribution in [3.05, 3.63) is 23.5 Å². The third-order valence-corrected chi connectivity index (χ3v) is 7.54. The molecule has 1 spiro atoms. The number of alkyl halides is 3. The van der Waals surface area contributed by atoms with Crippen LogP contribution in [0.3, 0.4) is 0 Å². The summed E-state index contributed by atoms with van der Waals surface area (Å²) in [7, 11) is 0. The molecule has 4 rings (SSSR count). The molecule has 3 amide bonds. The van der Waals surface area contributed by atoms with Crippen molar-refractivity contribution in [3.63, 3.8) is 0 Å². The molecule has 3 atom stereocenters. The van der Waals surface area contributed by atoms with Crippen LogP contribution in [0.15, 0.2) is 12.1 Å². The van der Waals surface area contributed by atoms with Crippen LogP contribution in [0.2, 0.25) is 0 Å². The normalized spacial score (nSPS) is 25.9. The van der Waals surface area contributed by atoms with Gasteiger partial charge in [0, 0.05) is 18.0 Å². The van der Waals surface area contributed by atoms with Gasteiger partial charge in [-0.2, -0.15) is 18.4 Å². The van der Waals surface area contributed by atoms with E-state index in [1.807, 2.05) is 19.9 Å². The Morgan fingerprint density at radius 3 is 2.49 bits per heavy atom. The maximum absolute atomic E-state index is 13.3. The van der Waals surface area contributed by atoms with Crippen LogP contribution in [-0.2, 0) is 15.8 Å². The number of aromatic nitrogens is 1. The summed E-state index contributed by atoms with van der Waals surface area (Å²) >= 11 is 0. The smallest absolute Gasteiger partial charge is 0.351 e. The number of carbonyl (C=O) groups excluding carboxylic acids is 3. The number of H-pyrrole nitrogens is 1. The van der Waals surface area contributed by atoms with Gasteiger partial charge in [0.15, 0.2) is 0 Å². The van der Waals surface area contributed by atoms with Gasteiger partial charge in [-0.25, -0.2) is 0 Å². The van der Waals surface area contributed by atoms with Gasteiger partial charge in [0.1, 0.15) is 23.5 Å². The van der Waals surface area contributed by atoms with E-state index in [-0.39, 0.29) is 35.5 Å². The number of halogens is 3. The van der Waals surface area contributed by atoms with Gasteiger partial charge in [0.25, 0.3) is 5.91 Å². The Bertz CT molecular complexity index is 1050. The molecule has 2 saturated heterocycles. The molecule has 3 aliphatic rings. The Morgan fingerprint density at radius 2 is 1.94 bits per heavy atom. The molecule has 0 radical (unpaired) electrons. The van der Waals surface area contributed by atoms with Crippen LogP contribution in [0.4, 0.5) is 13.2 Å². The molecule has 35 heavy (non-hydrogen) atoms. The van der Waals surface area contributed by atoms with Crippen LogP contribution in [0.25, 0.3) is 0 Å². The minimum atomic E-state index is -4.62. The highest BCUT2D eigenvalue weighted by molar-refractivity contribution is 5.97. The molecule has 3 heterocycles. The van der Waals surface area contributed by atoms with Crippen molar-refractivity contribution in [2.75, 3.05) is 6.54 Å². The minimum Gasteiger partial charge on any atom is -0.351 e. The lowest BCUT2D eigenvalue weighted by atomic mass is 9.83. The standard InChI is InChI=1S/C24H30F3N5O3/c1-22(2)10-14(19(33)31-22)9-15(12-28)29-20(34)17-11-23(7-3-4-8-23)13-32(17)21(35)16-5-6-18(30-16)24(25,26)27/h5-6,14-15,17,30H,3-4,7-11,13H2,1-2H3,(H,29,34)(H,31,33). The van der Waals surface area contributed by atoms with E-state index in [4.69, 9.17) is 0 Å². The number of likely N-dealkylation sites (tertiary alicyclic amines) is 1. The van der Waals surface area contributed by atoms with Crippen molar-refractivity contribution in [1.82, 2.24) is 20.5 Å². The number of carbonyl (C=O) groups is 3. The second kappa shape index (κ2) is 8.88. The molecule has 3 unspecified atom stereocenters. The van der Waals surface area contributed by atoms with Crippen molar-refractivity contribution >= 4 is 17.7 Å². The fourth-order valence-electron chi connectivity index (χ4n) is 5.91. The Labute approximate surface area is 201 Å². The number of hydrogen-bond donors (Lipinski definition) is 3. The zero-order chi connectivity index (χ0) is 25.6. The van der Waals surface area contributed by atoms with Crippen molar-refractivity contribution in [2.45, 2.75) is 82.6 Å². The van der Waals surface area contributed by atoms with Gasteiger partial charge in [-0.15, -0.1) is 0 Å². The highest BCUT2D eigenvalue weighted by Crippen LogP contribution is 2.48. The van der Waals surface area contributed by atoms with Crippen molar-refractivity contribution in [1.29, 1.82) is 5.26 Å². The predicted octanol–water partition coefficient (Wildman–Crippen LogP) is 3.12. The fraction of sp³-hybridized carbons (Fsp3) is 0.667. The lowest BCUT2D eigenvalue weighted by molar-refractivity contribution is -0.140. The van der Waals surface area contributed by atoms with Gasteiger partial charge in [-0.05, 0) is 63.5 Å². The van der Waals surface area contributed by atoms with E-state index in [0.717, 1.165) is 37.8 Å². The fourth-order valence-corrected chi connectivity index (χ4v) is 5.91. The van der Waals surface area contributed by atoms with Crippen LogP contribution < -0.4 is 10.6 Å². The summed E-state index contributed by atoms with van der Waals surface area (Å²) in [6.07, 6.45) is 0.0477. The molecule has 0 aromatic carbocycles. The van der Waals surface area contributed by atoms with E-state index in [2.05, 4.69) is 15.6 Å². The first kappa shape index (κ1) is 25.1. The first-order chi connectivity index (χ1) is 16.3. The van der Waals surface area contributed by atoms with Gasteiger partial charge in [-0.3, -0.25) is 14.4 Å². The van der Waals surface area contributed by atoms with Crippen LogP contribution in [0.5, 0.6) is 0 Å². The maximum atomic E-state index is 13.3. The summed E-state index contributed by atoms with van der Waals surface area (Å²) in [4.78, 5) is 42.3. The SMILES string of the molecule is CC1(C)CC(CC(C#N)NC(=O)C2CC3(CCCC3)CN2C(=O)c2ccc(C(F)(F)F)[nH]2)C(=O)N1. The van der Waals surface area contributed by atoms with E-state index in [0.29, 0.717) is 12.8 Å². The molecule has 1 aliphatic carbocycles. The number of hydrogen-bond acceptors (Lipinski definition) is 4. The highest BCUT2D eigenvalue weighted by Gasteiger charge is 2.50. The van der Waals surface area contributed by atoms with E-state index in [1.54, 1.807) is 0 Å². The summed E-state index contributed by atoms with van der Waals surface area (Å²) in [5, 5.41) is 15.2. The summed E-state index contributed by atoms with van der Waals surface area (Å²) in [5.74, 6) is -1.78. The molecule has 3 N–H and O–H groups in total. The number of nitriles is 1. The topological polar surface area (TPSA) is 118 Å². The molecule has 3 fully saturated rings. The first-order valence-corrected chi connectivity index (χ1v) is 11.9. The zero-order valence-corrected chi connectivity index (χ0v) is 19.8.